The summed E-state index contributed by atoms with van der Waals surface area (Å²) in [5.41, 5.74) is 6.77. The number of rotatable bonds is 4. The highest BCUT2D eigenvalue weighted by Crippen LogP contribution is 2.46. The van der Waals surface area contributed by atoms with Crippen LogP contribution in [0.15, 0.2) is 156 Å². The monoisotopic (exact) mass is 599 g/mol. The Balaban J connectivity index is 1.20. The SMILES string of the molecule is c1ccc(-c2nc(-c3ccccc3)nc(-c3cccc(-c4cc5oc6cccc7c8c9ccccc9ccc8c(c4)c5c67)c3)n2)cc1. The first-order valence-electron chi connectivity index (χ1n) is 15.8. The molecule has 0 fully saturated rings. The van der Waals surface area contributed by atoms with Gasteiger partial charge in [-0.2, -0.15) is 0 Å². The molecule has 10 rings (SSSR count). The molecule has 0 aliphatic rings. The topological polar surface area (TPSA) is 51.8 Å². The number of furan rings is 1. The van der Waals surface area contributed by atoms with E-state index in [1.807, 2.05) is 60.7 Å². The van der Waals surface area contributed by atoms with E-state index in [1.54, 1.807) is 0 Å². The Bertz CT molecular complexity index is 2730. The van der Waals surface area contributed by atoms with Crippen LogP contribution in [0.3, 0.4) is 0 Å². The summed E-state index contributed by atoms with van der Waals surface area (Å²) in [5.74, 6) is 1.92. The molecule has 0 unspecified atom stereocenters. The Morgan fingerprint density at radius 1 is 0.319 bits per heavy atom. The number of aromatic nitrogens is 3. The fourth-order valence-corrected chi connectivity index (χ4v) is 7.10. The van der Waals surface area contributed by atoms with Crippen molar-refractivity contribution < 1.29 is 4.42 Å². The zero-order chi connectivity index (χ0) is 30.9. The maximum Gasteiger partial charge on any atom is 0.164 e. The second kappa shape index (κ2) is 10.1. The van der Waals surface area contributed by atoms with Crippen LogP contribution in [-0.4, -0.2) is 15.0 Å². The summed E-state index contributed by atoms with van der Waals surface area (Å²) < 4.78 is 6.57. The van der Waals surface area contributed by atoms with Crippen LogP contribution in [0.5, 0.6) is 0 Å². The number of nitrogens with zero attached hydrogens (tertiary/aromatic N) is 3. The van der Waals surface area contributed by atoms with Gasteiger partial charge in [0.05, 0.1) is 0 Å². The van der Waals surface area contributed by atoms with Crippen molar-refractivity contribution in [2.75, 3.05) is 0 Å². The molecule has 0 amide bonds. The number of hydrogen-bond donors (Lipinski definition) is 0. The van der Waals surface area contributed by atoms with Gasteiger partial charge in [0, 0.05) is 27.5 Å². The molecule has 0 N–H and O–H groups in total. The van der Waals surface area contributed by atoms with Crippen molar-refractivity contribution in [2.24, 2.45) is 0 Å². The highest BCUT2D eigenvalue weighted by atomic mass is 16.3. The van der Waals surface area contributed by atoms with Gasteiger partial charge < -0.3 is 4.42 Å². The average molecular weight is 600 g/mol. The molecule has 0 aliphatic heterocycles. The summed E-state index contributed by atoms with van der Waals surface area (Å²) in [5, 5.41) is 9.77. The van der Waals surface area contributed by atoms with Crippen LogP contribution >= 0.6 is 0 Å². The second-order valence-electron chi connectivity index (χ2n) is 12.0. The van der Waals surface area contributed by atoms with Crippen molar-refractivity contribution in [3.8, 4) is 45.3 Å². The summed E-state index contributed by atoms with van der Waals surface area (Å²) in [7, 11) is 0. The van der Waals surface area contributed by atoms with Crippen molar-refractivity contribution in [3.63, 3.8) is 0 Å². The highest BCUT2D eigenvalue weighted by molar-refractivity contribution is 6.37. The van der Waals surface area contributed by atoms with Gasteiger partial charge in [0.25, 0.3) is 0 Å². The van der Waals surface area contributed by atoms with Gasteiger partial charge in [-0.3, -0.25) is 0 Å². The molecule has 0 saturated heterocycles. The Hall–Kier alpha value is -6.39. The summed E-state index contributed by atoms with van der Waals surface area (Å²) >= 11 is 0. The van der Waals surface area contributed by atoms with Gasteiger partial charge in [-0.05, 0) is 67.7 Å². The molecule has 0 bridgehead atoms. The van der Waals surface area contributed by atoms with E-state index in [-0.39, 0.29) is 0 Å². The molecular formula is C43H25N3O. The van der Waals surface area contributed by atoms with E-state index in [0.29, 0.717) is 17.5 Å². The van der Waals surface area contributed by atoms with Crippen LogP contribution in [0, 0.1) is 0 Å². The average Bonchev–Trinajstić information content (AvgIpc) is 3.54. The quantitative estimate of drug-likeness (QED) is 0.189. The Kier molecular flexibility index (Phi) is 5.54. The van der Waals surface area contributed by atoms with Crippen molar-refractivity contribution in [3.05, 3.63) is 152 Å². The van der Waals surface area contributed by atoms with E-state index < -0.39 is 0 Å². The molecule has 10 aromatic rings. The van der Waals surface area contributed by atoms with Gasteiger partial charge >= 0.3 is 0 Å². The van der Waals surface area contributed by atoms with Crippen LogP contribution in [0.2, 0.25) is 0 Å². The minimum atomic E-state index is 0.632. The number of benzene rings is 8. The second-order valence-corrected chi connectivity index (χ2v) is 12.0. The smallest absolute Gasteiger partial charge is 0.164 e. The molecule has 8 aromatic carbocycles. The van der Waals surface area contributed by atoms with Gasteiger partial charge in [-0.25, -0.2) is 15.0 Å². The molecule has 0 aliphatic carbocycles. The Morgan fingerprint density at radius 2 is 0.915 bits per heavy atom. The van der Waals surface area contributed by atoms with E-state index in [1.165, 1.54) is 43.1 Å². The predicted molar refractivity (Wildman–Crippen MR) is 193 cm³/mol. The van der Waals surface area contributed by atoms with Crippen molar-refractivity contribution in [1.82, 2.24) is 15.0 Å². The van der Waals surface area contributed by atoms with Crippen LogP contribution in [-0.2, 0) is 0 Å². The molecule has 2 heterocycles. The summed E-state index contributed by atoms with van der Waals surface area (Å²) in [6.45, 7) is 0. The fraction of sp³-hybridized carbons (Fsp3) is 0. The first-order chi connectivity index (χ1) is 23.3. The van der Waals surface area contributed by atoms with E-state index in [4.69, 9.17) is 19.4 Å². The van der Waals surface area contributed by atoms with E-state index >= 15 is 0 Å². The summed E-state index contributed by atoms with van der Waals surface area (Å²) in [6, 6.07) is 52.7. The maximum absolute atomic E-state index is 6.57. The molecule has 218 valence electrons. The van der Waals surface area contributed by atoms with Crippen molar-refractivity contribution in [1.29, 1.82) is 0 Å². The van der Waals surface area contributed by atoms with E-state index in [2.05, 4.69) is 91.0 Å². The maximum atomic E-state index is 6.57. The molecule has 0 spiro atoms. The van der Waals surface area contributed by atoms with Gasteiger partial charge in [0.2, 0.25) is 0 Å². The van der Waals surface area contributed by atoms with Crippen LogP contribution in [0.1, 0.15) is 0 Å². The van der Waals surface area contributed by atoms with Gasteiger partial charge in [0.15, 0.2) is 17.5 Å². The van der Waals surface area contributed by atoms with Gasteiger partial charge in [-0.1, -0.05) is 127 Å². The number of fused-ring (bicyclic) bond motifs is 5. The molecule has 2 aromatic heterocycles. The normalized spacial score (nSPS) is 11.8. The Morgan fingerprint density at radius 3 is 1.68 bits per heavy atom. The lowest BCUT2D eigenvalue weighted by Crippen LogP contribution is -2.00. The lowest BCUT2D eigenvalue weighted by atomic mass is 9.89. The summed E-state index contributed by atoms with van der Waals surface area (Å²) in [4.78, 5) is 14.8. The molecular weight excluding hydrogens is 574 g/mol. The lowest BCUT2D eigenvalue weighted by molar-refractivity contribution is 0.669. The Labute approximate surface area is 270 Å². The highest BCUT2D eigenvalue weighted by Gasteiger charge is 2.20. The number of hydrogen-bond acceptors (Lipinski definition) is 4. The van der Waals surface area contributed by atoms with E-state index in [9.17, 15) is 0 Å². The minimum Gasteiger partial charge on any atom is -0.456 e. The molecule has 0 saturated carbocycles. The largest absolute Gasteiger partial charge is 0.456 e. The van der Waals surface area contributed by atoms with Crippen molar-refractivity contribution >= 4 is 54.3 Å². The van der Waals surface area contributed by atoms with Crippen LogP contribution in [0.25, 0.3) is 99.5 Å². The minimum absolute atomic E-state index is 0.632. The fourth-order valence-electron chi connectivity index (χ4n) is 7.10. The van der Waals surface area contributed by atoms with Gasteiger partial charge in [-0.15, -0.1) is 0 Å². The standard InChI is InChI=1S/C43H25N3O/c1-3-12-27(13-4-1)41-44-42(28-14-5-2-6-15-28)46-43(45-41)30-17-9-16-29(23-30)31-24-35-33-22-21-26-11-7-8-18-32(26)38(33)34-19-10-20-36-39(34)40(35)37(25-31)47-36/h1-25H. The van der Waals surface area contributed by atoms with Crippen LogP contribution in [0.4, 0.5) is 0 Å². The lowest BCUT2D eigenvalue weighted by Gasteiger charge is -2.13. The van der Waals surface area contributed by atoms with Crippen LogP contribution < -0.4 is 0 Å². The molecule has 0 atom stereocenters. The molecule has 47 heavy (non-hydrogen) atoms. The molecule has 0 radical (unpaired) electrons. The summed E-state index contributed by atoms with van der Waals surface area (Å²) in [6.07, 6.45) is 0. The third-order valence-corrected chi connectivity index (χ3v) is 9.24. The first kappa shape index (κ1) is 25.9. The van der Waals surface area contributed by atoms with E-state index in [0.717, 1.165) is 39.0 Å². The predicted octanol–water partition coefficient (Wildman–Crippen LogP) is 11.3. The third kappa shape index (κ3) is 4.05. The third-order valence-electron chi connectivity index (χ3n) is 9.24. The van der Waals surface area contributed by atoms with Gasteiger partial charge in [0.1, 0.15) is 11.2 Å². The van der Waals surface area contributed by atoms with Crippen molar-refractivity contribution in [2.45, 2.75) is 0 Å². The molecule has 4 heteroatoms. The molecule has 4 nitrogen and oxygen atoms in total. The first-order valence-corrected chi connectivity index (χ1v) is 15.8. The zero-order valence-corrected chi connectivity index (χ0v) is 25.2. The zero-order valence-electron chi connectivity index (χ0n) is 25.2.